The molecule has 5 unspecified atom stereocenters. The molecule has 88 valence electrons. The number of fused-ring (bicyclic) bond motifs is 1. The fourth-order valence-corrected chi connectivity index (χ4v) is 2.13. The lowest BCUT2D eigenvalue weighted by molar-refractivity contribution is -0.215. The molecule has 0 aromatic carbocycles. The van der Waals surface area contributed by atoms with E-state index in [0.717, 1.165) is 0 Å². The van der Waals surface area contributed by atoms with Crippen LogP contribution < -0.4 is 0 Å². The maximum Gasteiger partial charge on any atom is 0.190 e. The van der Waals surface area contributed by atoms with Crippen molar-refractivity contribution in [1.29, 1.82) is 0 Å². The topological polar surface area (TPSA) is 68.2 Å². The molecule has 2 saturated heterocycles. The largest absolute Gasteiger partial charge is 0.395 e. The van der Waals surface area contributed by atoms with Crippen molar-refractivity contribution in [3.63, 3.8) is 0 Å². The van der Waals surface area contributed by atoms with Gasteiger partial charge in [-0.2, -0.15) is 0 Å². The molecule has 2 aliphatic rings. The van der Waals surface area contributed by atoms with Crippen LogP contribution in [0.25, 0.3) is 0 Å². The minimum Gasteiger partial charge on any atom is -0.395 e. The molecule has 2 N–H and O–H groups in total. The van der Waals surface area contributed by atoms with Gasteiger partial charge < -0.3 is 24.4 Å². The molecule has 0 aliphatic carbocycles. The third-order valence-corrected chi connectivity index (χ3v) is 2.97. The number of hydrogen-bond donors (Lipinski definition) is 2. The van der Waals surface area contributed by atoms with Crippen LogP contribution in [-0.2, 0) is 14.2 Å². The van der Waals surface area contributed by atoms with Gasteiger partial charge in [0.2, 0.25) is 0 Å². The van der Waals surface area contributed by atoms with E-state index in [1.54, 1.807) is 13.8 Å². The first-order valence-corrected chi connectivity index (χ1v) is 5.32. The van der Waals surface area contributed by atoms with E-state index in [4.69, 9.17) is 30.9 Å². The Balaban J connectivity index is 2.05. The Hall–Kier alpha value is 0.0900. The minimum atomic E-state index is -0.869. The van der Waals surface area contributed by atoms with Gasteiger partial charge in [0.1, 0.15) is 18.3 Å². The number of hydrogen-bond acceptors (Lipinski definition) is 5. The summed E-state index contributed by atoms with van der Waals surface area (Å²) in [5, 5.41) is 18.1. The Morgan fingerprint density at radius 1 is 1.40 bits per heavy atom. The van der Waals surface area contributed by atoms with Gasteiger partial charge in [0.25, 0.3) is 0 Å². The van der Waals surface area contributed by atoms with Crippen LogP contribution in [-0.4, -0.2) is 52.6 Å². The first-order valence-electron chi connectivity index (χ1n) is 4.89. The van der Waals surface area contributed by atoms with E-state index >= 15 is 0 Å². The number of aliphatic hydroxyl groups is 2. The van der Waals surface area contributed by atoms with Gasteiger partial charge in [-0.25, -0.2) is 0 Å². The van der Waals surface area contributed by atoms with Gasteiger partial charge in [-0.1, -0.05) is 0 Å². The molecule has 5 atom stereocenters. The second kappa shape index (κ2) is 3.84. The fraction of sp³-hybridized carbons (Fsp3) is 1.00. The summed E-state index contributed by atoms with van der Waals surface area (Å²) < 4.78 is 16.3. The predicted molar refractivity (Wildman–Crippen MR) is 51.4 cm³/mol. The maximum atomic E-state index is 9.87. The number of ether oxygens (including phenoxy) is 3. The molecular formula is C9H15ClO5. The Morgan fingerprint density at radius 3 is 2.60 bits per heavy atom. The third kappa shape index (κ3) is 2.00. The number of alkyl halides is 1. The van der Waals surface area contributed by atoms with E-state index in [0.29, 0.717) is 0 Å². The lowest BCUT2D eigenvalue weighted by atomic mass is 10.1. The van der Waals surface area contributed by atoms with Crippen LogP contribution in [0.3, 0.4) is 0 Å². The number of rotatable bonds is 2. The van der Waals surface area contributed by atoms with E-state index in [1.807, 2.05) is 0 Å². The molecular weight excluding hydrogens is 224 g/mol. The van der Waals surface area contributed by atoms with Crippen LogP contribution in [0.1, 0.15) is 13.8 Å². The molecule has 6 heteroatoms. The van der Waals surface area contributed by atoms with Crippen molar-refractivity contribution < 1.29 is 24.4 Å². The highest BCUT2D eigenvalue weighted by molar-refractivity contribution is 6.21. The molecule has 2 heterocycles. The summed E-state index contributed by atoms with van der Waals surface area (Å²) in [4.78, 5) is 0. The number of halogens is 1. The summed E-state index contributed by atoms with van der Waals surface area (Å²) in [5.41, 5.74) is 0. The van der Waals surface area contributed by atoms with E-state index in [-0.39, 0.29) is 6.61 Å². The van der Waals surface area contributed by atoms with Crippen molar-refractivity contribution in [1.82, 2.24) is 0 Å². The predicted octanol–water partition coefficient (Wildman–Crippen LogP) is -0.177. The molecule has 2 rings (SSSR count). The van der Waals surface area contributed by atoms with Gasteiger partial charge in [0.15, 0.2) is 12.1 Å². The first kappa shape index (κ1) is 11.6. The van der Waals surface area contributed by atoms with Crippen molar-refractivity contribution in [2.45, 2.75) is 49.6 Å². The molecule has 0 amide bonds. The fourth-order valence-electron chi connectivity index (χ4n) is 1.92. The van der Waals surface area contributed by atoms with Gasteiger partial charge >= 0.3 is 0 Å². The lowest BCUT2D eigenvalue weighted by Crippen LogP contribution is -2.40. The molecule has 0 aromatic rings. The molecule has 0 spiro atoms. The Morgan fingerprint density at radius 2 is 2.07 bits per heavy atom. The van der Waals surface area contributed by atoms with Crippen molar-refractivity contribution in [2.24, 2.45) is 0 Å². The zero-order valence-corrected chi connectivity index (χ0v) is 9.35. The highest BCUT2D eigenvalue weighted by Gasteiger charge is 2.55. The summed E-state index contributed by atoms with van der Waals surface area (Å²) in [7, 11) is 0. The lowest BCUT2D eigenvalue weighted by Gasteiger charge is -2.24. The molecule has 0 radical (unpaired) electrons. The Bertz CT molecular complexity index is 247. The first-order chi connectivity index (χ1) is 6.94. The van der Waals surface area contributed by atoms with Crippen molar-refractivity contribution >= 4 is 11.6 Å². The highest BCUT2D eigenvalue weighted by Crippen LogP contribution is 2.38. The normalized spacial score (nSPS) is 45.4. The second-order valence-corrected chi connectivity index (χ2v) is 4.82. The van der Waals surface area contributed by atoms with Gasteiger partial charge in [0.05, 0.1) is 12.0 Å². The Labute approximate surface area is 92.9 Å². The SMILES string of the molecule is CC1(C)OC2OC(C(Cl)CO)C(O)C2O1. The zero-order valence-electron chi connectivity index (χ0n) is 8.59. The Kier molecular flexibility index (Phi) is 2.96. The standard InChI is InChI=1S/C9H15ClO5/c1-9(2)14-7-5(12)6(4(10)3-11)13-8(7)15-9/h4-8,11-12H,3H2,1-2H3. The van der Waals surface area contributed by atoms with E-state index in [9.17, 15) is 5.11 Å². The zero-order chi connectivity index (χ0) is 11.2. The summed E-state index contributed by atoms with van der Waals surface area (Å²) in [6, 6.07) is 0. The summed E-state index contributed by atoms with van der Waals surface area (Å²) in [6.07, 6.45) is -2.65. The molecule has 15 heavy (non-hydrogen) atoms. The van der Waals surface area contributed by atoms with Crippen LogP contribution in [0.2, 0.25) is 0 Å². The quantitative estimate of drug-likeness (QED) is 0.654. The second-order valence-electron chi connectivity index (χ2n) is 4.26. The van der Waals surface area contributed by atoms with Crippen LogP contribution in [0.5, 0.6) is 0 Å². The highest BCUT2D eigenvalue weighted by atomic mass is 35.5. The third-order valence-electron chi connectivity index (χ3n) is 2.58. The van der Waals surface area contributed by atoms with Crippen molar-refractivity contribution in [3.05, 3.63) is 0 Å². The van der Waals surface area contributed by atoms with E-state index in [2.05, 4.69) is 0 Å². The van der Waals surface area contributed by atoms with E-state index < -0.39 is 35.8 Å². The number of aliphatic hydroxyl groups excluding tert-OH is 2. The van der Waals surface area contributed by atoms with Crippen LogP contribution >= 0.6 is 11.6 Å². The summed E-state index contributed by atoms with van der Waals surface area (Å²) in [5.74, 6) is -0.748. The van der Waals surface area contributed by atoms with Crippen LogP contribution in [0.15, 0.2) is 0 Å². The average molecular weight is 239 g/mol. The molecule has 0 aromatic heterocycles. The average Bonchev–Trinajstić information content (AvgIpc) is 2.60. The monoisotopic (exact) mass is 238 g/mol. The van der Waals surface area contributed by atoms with Crippen molar-refractivity contribution in [2.75, 3.05) is 6.61 Å². The van der Waals surface area contributed by atoms with Crippen LogP contribution in [0, 0.1) is 0 Å². The molecule has 0 bridgehead atoms. The van der Waals surface area contributed by atoms with Crippen LogP contribution in [0.4, 0.5) is 0 Å². The summed E-state index contributed by atoms with van der Waals surface area (Å²) >= 11 is 5.80. The molecule has 5 nitrogen and oxygen atoms in total. The van der Waals surface area contributed by atoms with Crippen molar-refractivity contribution in [3.8, 4) is 0 Å². The molecule has 0 saturated carbocycles. The molecule has 2 aliphatic heterocycles. The molecule has 2 fully saturated rings. The van der Waals surface area contributed by atoms with E-state index in [1.165, 1.54) is 0 Å². The van der Waals surface area contributed by atoms with Gasteiger partial charge in [-0.05, 0) is 13.8 Å². The van der Waals surface area contributed by atoms with Gasteiger partial charge in [0, 0.05) is 0 Å². The van der Waals surface area contributed by atoms with Gasteiger partial charge in [-0.3, -0.25) is 0 Å². The summed E-state index contributed by atoms with van der Waals surface area (Å²) in [6.45, 7) is 3.24. The minimum absolute atomic E-state index is 0.258. The van der Waals surface area contributed by atoms with Gasteiger partial charge in [-0.15, -0.1) is 11.6 Å². The maximum absolute atomic E-state index is 9.87. The smallest absolute Gasteiger partial charge is 0.190 e.